The van der Waals surface area contributed by atoms with Crippen molar-refractivity contribution in [1.82, 2.24) is 0 Å². The molecule has 1 aromatic rings. The molecule has 3 nitrogen and oxygen atoms in total. The summed E-state index contributed by atoms with van der Waals surface area (Å²) < 4.78 is 10.9. The molecular formula is C16H24O3. The standard InChI is InChI=1S/C16H24O3/c1-11-9-13(10-12(2)16(11)18-3)15(17)7-6-14-5-4-8-19-14/h9-10,14-15,17H,4-8H2,1-3H3. The van der Waals surface area contributed by atoms with Crippen LogP contribution in [0.25, 0.3) is 0 Å². The van der Waals surface area contributed by atoms with Crippen LogP contribution >= 0.6 is 0 Å². The average molecular weight is 264 g/mol. The normalized spacial score (nSPS) is 20.5. The van der Waals surface area contributed by atoms with Crippen molar-refractivity contribution in [1.29, 1.82) is 0 Å². The van der Waals surface area contributed by atoms with Gasteiger partial charge in [-0.3, -0.25) is 0 Å². The Balaban J connectivity index is 2.00. The van der Waals surface area contributed by atoms with E-state index >= 15 is 0 Å². The smallest absolute Gasteiger partial charge is 0.124 e. The van der Waals surface area contributed by atoms with E-state index in [0.29, 0.717) is 6.10 Å². The number of rotatable bonds is 5. The quantitative estimate of drug-likeness (QED) is 0.886. The van der Waals surface area contributed by atoms with Gasteiger partial charge in [0.15, 0.2) is 0 Å². The van der Waals surface area contributed by atoms with E-state index in [0.717, 1.165) is 54.7 Å². The van der Waals surface area contributed by atoms with Crippen molar-refractivity contribution in [3.05, 3.63) is 28.8 Å². The molecule has 1 saturated heterocycles. The van der Waals surface area contributed by atoms with Crippen LogP contribution in [0.1, 0.15) is 48.5 Å². The van der Waals surface area contributed by atoms with Gasteiger partial charge in [0.05, 0.1) is 19.3 Å². The highest BCUT2D eigenvalue weighted by Gasteiger charge is 2.18. The molecule has 2 unspecified atom stereocenters. The fourth-order valence-corrected chi connectivity index (χ4v) is 2.88. The largest absolute Gasteiger partial charge is 0.496 e. The van der Waals surface area contributed by atoms with Crippen LogP contribution in [0.15, 0.2) is 12.1 Å². The Hall–Kier alpha value is -1.06. The van der Waals surface area contributed by atoms with Crippen LogP contribution in [0, 0.1) is 13.8 Å². The first-order valence-electron chi connectivity index (χ1n) is 7.06. The lowest BCUT2D eigenvalue weighted by Gasteiger charge is -2.17. The summed E-state index contributed by atoms with van der Waals surface area (Å²) in [5.74, 6) is 0.912. The monoisotopic (exact) mass is 264 g/mol. The van der Waals surface area contributed by atoms with Gasteiger partial charge in [-0.1, -0.05) is 0 Å². The Bertz CT molecular complexity index is 399. The molecule has 1 aliphatic heterocycles. The van der Waals surface area contributed by atoms with Crippen LogP contribution < -0.4 is 4.74 Å². The predicted octanol–water partition coefficient (Wildman–Crippen LogP) is 3.30. The third-order valence-electron chi connectivity index (χ3n) is 3.86. The molecule has 1 fully saturated rings. The third kappa shape index (κ3) is 3.48. The van der Waals surface area contributed by atoms with E-state index in [2.05, 4.69) is 0 Å². The van der Waals surface area contributed by atoms with Crippen molar-refractivity contribution in [3.8, 4) is 5.75 Å². The van der Waals surface area contributed by atoms with Crippen LogP contribution in [0.4, 0.5) is 0 Å². The molecule has 3 heteroatoms. The molecule has 0 spiro atoms. The fraction of sp³-hybridized carbons (Fsp3) is 0.625. The van der Waals surface area contributed by atoms with E-state index in [9.17, 15) is 5.11 Å². The maximum absolute atomic E-state index is 10.3. The Kier molecular flexibility index (Phi) is 4.83. The van der Waals surface area contributed by atoms with Crippen molar-refractivity contribution in [2.75, 3.05) is 13.7 Å². The van der Waals surface area contributed by atoms with Crippen molar-refractivity contribution in [2.45, 2.75) is 51.7 Å². The highest BCUT2D eigenvalue weighted by Crippen LogP contribution is 2.30. The number of benzene rings is 1. The minimum atomic E-state index is -0.410. The number of aliphatic hydroxyl groups is 1. The molecule has 2 rings (SSSR count). The molecule has 0 radical (unpaired) electrons. The van der Waals surface area contributed by atoms with E-state index in [1.165, 1.54) is 0 Å². The summed E-state index contributed by atoms with van der Waals surface area (Å²) in [6.45, 7) is 4.91. The molecule has 0 bridgehead atoms. The zero-order valence-electron chi connectivity index (χ0n) is 12.1. The van der Waals surface area contributed by atoms with Gasteiger partial charge in [-0.05, 0) is 68.4 Å². The fourth-order valence-electron chi connectivity index (χ4n) is 2.88. The van der Waals surface area contributed by atoms with Crippen LogP contribution in [-0.2, 0) is 4.74 Å². The summed E-state index contributed by atoms with van der Waals surface area (Å²) in [6.07, 6.45) is 3.92. The molecule has 2 atom stereocenters. The second kappa shape index (κ2) is 6.40. The molecule has 106 valence electrons. The van der Waals surface area contributed by atoms with Gasteiger partial charge < -0.3 is 14.6 Å². The van der Waals surface area contributed by atoms with Gasteiger partial charge in [-0.25, -0.2) is 0 Å². The molecule has 0 saturated carbocycles. The van der Waals surface area contributed by atoms with E-state index in [4.69, 9.17) is 9.47 Å². The molecule has 19 heavy (non-hydrogen) atoms. The highest BCUT2D eigenvalue weighted by atomic mass is 16.5. The molecule has 1 aliphatic rings. The molecule has 0 amide bonds. The minimum Gasteiger partial charge on any atom is -0.496 e. The number of ether oxygens (including phenoxy) is 2. The van der Waals surface area contributed by atoms with Gasteiger partial charge in [-0.15, -0.1) is 0 Å². The first kappa shape index (κ1) is 14.4. The number of methoxy groups -OCH3 is 1. The first-order valence-corrected chi connectivity index (χ1v) is 7.06. The number of aryl methyl sites for hydroxylation is 2. The number of hydrogen-bond donors (Lipinski definition) is 1. The summed E-state index contributed by atoms with van der Waals surface area (Å²) in [5.41, 5.74) is 3.14. The molecule has 1 N–H and O–H groups in total. The topological polar surface area (TPSA) is 38.7 Å². The average Bonchev–Trinajstić information content (AvgIpc) is 2.88. The third-order valence-corrected chi connectivity index (χ3v) is 3.86. The maximum Gasteiger partial charge on any atom is 0.124 e. The highest BCUT2D eigenvalue weighted by molar-refractivity contribution is 5.43. The van der Waals surface area contributed by atoms with Crippen LogP contribution in [-0.4, -0.2) is 24.9 Å². The van der Waals surface area contributed by atoms with Gasteiger partial charge in [-0.2, -0.15) is 0 Å². The second-order valence-corrected chi connectivity index (χ2v) is 5.42. The van der Waals surface area contributed by atoms with Crippen LogP contribution in [0.3, 0.4) is 0 Å². The van der Waals surface area contributed by atoms with Crippen molar-refractivity contribution < 1.29 is 14.6 Å². The Morgan fingerprint density at radius 2 is 2.05 bits per heavy atom. The molecule has 1 heterocycles. The van der Waals surface area contributed by atoms with E-state index in [-0.39, 0.29) is 0 Å². The van der Waals surface area contributed by atoms with Gasteiger partial charge >= 0.3 is 0 Å². The van der Waals surface area contributed by atoms with E-state index in [1.54, 1.807) is 7.11 Å². The van der Waals surface area contributed by atoms with E-state index < -0.39 is 6.10 Å². The summed E-state index contributed by atoms with van der Waals surface area (Å²) in [7, 11) is 1.68. The maximum atomic E-state index is 10.3. The minimum absolute atomic E-state index is 0.343. The SMILES string of the molecule is COc1c(C)cc(C(O)CCC2CCCO2)cc1C. The summed E-state index contributed by atoms with van der Waals surface area (Å²) >= 11 is 0. The molecular weight excluding hydrogens is 240 g/mol. The van der Waals surface area contributed by atoms with Crippen molar-refractivity contribution in [2.24, 2.45) is 0 Å². The summed E-state index contributed by atoms with van der Waals surface area (Å²) in [6, 6.07) is 4.04. The number of hydrogen-bond acceptors (Lipinski definition) is 3. The van der Waals surface area contributed by atoms with Gasteiger partial charge in [0.25, 0.3) is 0 Å². The van der Waals surface area contributed by atoms with Gasteiger partial charge in [0.2, 0.25) is 0 Å². The zero-order chi connectivity index (χ0) is 13.8. The van der Waals surface area contributed by atoms with Crippen LogP contribution in [0.2, 0.25) is 0 Å². The zero-order valence-corrected chi connectivity index (χ0v) is 12.1. The lowest BCUT2D eigenvalue weighted by atomic mass is 9.97. The summed E-state index contributed by atoms with van der Waals surface area (Å²) in [5, 5.41) is 10.3. The lowest BCUT2D eigenvalue weighted by molar-refractivity contribution is 0.0812. The van der Waals surface area contributed by atoms with Gasteiger partial charge in [0.1, 0.15) is 5.75 Å². The lowest BCUT2D eigenvalue weighted by Crippen LogP contribution is -2.08. The first-order chi connectivity index (χ1) is 9.11. The van der Waals surface area contributed by atoms with Crippen molar-refractivity contribution >= 4 is 0 Å². The van der Waals surface area contributed by atoms with E-state index in [1.807, 2.05) is 26.0 Å². The van der Waals surface area contributed by atoms with Crippen molar-refractivity contribution in [3.63, 3.8) is 0 Å². The summed E-state index contributed by atoms with van der Waals surface area (Å²) in [4.78, 5) is 0. The molecule has 1 aromatic carbocycles. The molecule has 0 aromatic heterocycles. The van der Waals surface area contributed by atoms with Crippen LogP contribution in [0.5, 0.6) is 5.75 Å². The Labute approximate surface area is 115 Å². The number of aliphatic hydroxyl groups excluding tert-OH is 1. The second-order valence-electron chi connectivity index (χ2n) is 5.42. The Morgan fingerprint density at radius 1 is 1.37 bits per heavy atom. The Morgan fingerprint density at radius 3 is 2.58 bits per heavy atom. The molecule has 0 aliphatic carbocycles. The van der Waals surface area contributed by atoms with Gasteiger partial charge in [0, 0.05) is 6.61 Å². The predicted molar refractivity (Wildman–Crippen MR) is 75.6 cm³/mol.